The van der Waals surface area contributed by atoms with Crippen molar-refractivity contribution in [3.05, 3.63) is 30.1 Å². The molecule has 3 nitrogen and oxygen atoms in total. The number of pyridine rings is 1. The van der Waals surface area contributed by atoms with Gasteiger partial charge in [-0.1, -0.05) is 6.07 Å². The Morgan fingerprint density at radius 1 is 1.29 bits per heavy atom. The Balaban J connectivity index is 1.41. The monoisotopic (exact) mass is 230 g/mol. The zero-order chi connectivity index (χ0) is 11.7. The van der Waals surface area contributed by atoms with E-state index in [1.54, 1.807) is 6.20 Å². The van der Waals surface area contributed by atoms with Crippen LogP contribution < -0.4 is 5.32 Å². The summed E-state index contributed by atoms with van der Waals surface area (Å²) in [6.07, 6.45) is 6.24. The smallest absolute Gasteiger partial charge is 0.223 e. The summed E-state index contributed by atoms with van der Waals surface area (Å²) >= 11 is 0. The van der Waals surface area contributed by atoms with Crippen LogP contribution in [0.4, 0.5) is 0 Å². The molecule has 17 heavy (non-hydrogen) atoms. The van der Waals surface area contributed by atoms with E-state index in [9.17, 15) is 4.79 Å². The molecule has 3 rings (SSSR count). The van der Waals surface area contributed by atoms with Gasteiger partial charge < -0.3 is 5.32 Å². The summed E-state index contributed by atoms with van der Waals surface area (Å²) in [4.78, 5) is 16.1. The molecular weight excluding hydrogens is 212 g/mol. The number of carbonyl (C=O) groups excluding carboxylic acids is 1. The van der Waals surface area contributed by atoms with Gasteiger partial charge in [-0.05, 0) is 43.2 Å². The van der Waals surface area contributed by atoms with E-state index in [-0.39, 0.29) is 5.91 Å². The normalized spacial score (nSPS) is 29.8. The van der Waals surface area contributed by atoms with Gasteiger partial charge in [0.2, 0.25) is 5.91 Å². The van der Waals surface area contributed by atoms with E-state index >= 15 is 0 Å². The molecule has 3 heteroatoms. The van der Waals surface area contributed by atoms with Gasteiger partial charge in [0.25, 0.3) is 0 Å². The number of nitrogens with one attached hydrogen (secondary N) is 1. The van der Waals surface area contributed by atoms with Crippen molar-refractivity contribution in [3.8, 4) is 0 Å². The van der Waals surface area contributed by atoms with E-state index in [1.165, 1.54) is 6.42 Å². The van der Waals surface area contributed by atoms with Crippen LogP contribution in [0.25, 0.3) is 0 Å². The van der Waals surface area contributed by atoms with Gasteiger partial charge in [-0.3, -0.25) is 9.78 Å². The standard InChI is InChI=1S/C14H18N2O/c17-14(12-8-10-7-11(10)9-12)16-6-4-13-3-1-2-5-15-13/h1-3,5,10-12H,4,6-9H2,(H,16,17). The van der Waals surface area contributed by atoms with Gasteiger partial charge in [0.1, 0.15) is 0 Å². The second-order valence-corrected chi connectivity index (χ2v) is 5.29. The molecule has 2 aliphatic rings. The molecule has 1 heterocycles. The lowest BCUT2D eigenvalue weighted by molar-refractivity contribution is -0.125. The van der Waals surface area contributed by atoms with Crippen LogP contribution in [0.2, 0.25) is 0 Å². The number of carbonyl (C=O) groups is 1. The highest BCUT2D eigenvalue weighted by atomic mass is 16.1. The molecule has 0 bridgehead atoms. The fraction of sp³-hybridized carbons (Fsp3) is 0.571. The molecule has 0 aliphatic heterocycles. The number of amides is 1. The Bertz CT molecular complexity index is 394. The maximum absolute atomic E-state index is 11.9. The van der Waals surface area contributed by atoms with Crippen LogP contribution in [0.5, 0.6) is 0 Å². The minimum absolute atomic E-state index is 0.258. The molecule has 90 valence electrons. The predicted molar refractivity (Wildman–Crippen MR) is 65.3 cm³/mol. The Kier molecular flexibility index (Phi) is 2.83. The van der Waals surface area contributed by atoms with Crippen molar-refractivity contribution in [1.82, 2.24) is 10.3 Å². The van der Waals surface area contributed by atoms with E-state index in [0.717, 1.165) is 36.8 Å². The largest absolute Gasteiger partial charge is 0.355 e. The lowest BCUT2D eigenvalue weighted by Gasteiger charge is -2.11. The maximum Gasteiger partial charge on any atom is 0.223 e. The Labute approximate surface area is 102 Å². The van der Waals surface area contributed by atoms with Crippen LogP contribution in [-0.2, 0) is 11.2 Å². The maximum atomic E-state index is 11.9. The Morgan fingerprint density at radius 3 is 2.82 bits per heavy atom. The molecule has 0 saturated heterocycles. The topological polar surface area (TPSA) is 42.0 Å². The minimum atomic E-state index is 0.258. The number of hydrogen-bond donors (Lipinski definition) is 1. The first-order valence-electron chi connectivity index (χ1n) is 6.50. The number of fused-ring (bicyclic) bond motifs is 1. The van der Waals surface area contributed by atoms with Crippen LogP contribution >= 0.6 is 0 Å². The van der Waals surface area contributed by atoms with Crippen molar-refractivity contribution in [2.45, 2.75) is 25.7 Å². The molecule has 2 atom stereocenters. The molecular formula is C14H18N2O. The number of hydrogen-bond acceptors (Lipinski definition) is 2. The number of rotatable bonds is 4. The molecule has 1 amide bonds. The van der Waals surface area contributed by atoms with Gasteiger partial charge in [-0.15, -0.1) is 0 Å². The van der Waals surface area contributed by atoms with Crippen molar-refractivity contribution < 1.29 is 4.79 Å². The van der Waals surface area contributed by atoms with Crippen LogP contribution in [0, 0.1) is 17.8 Å². The number of aromatic nitrogens is 1. The average molecular weight is 230 g/mol. The van der Waals surface area contributed by atoms with Crippen LogP contribution in [0.1, 0.15) is 25.0 Å². The van der Waals surface area contributed by atoms with Crippen molar-refractivity contribution >= 4 is 5.91 Å². The molecule has 1 aromatic heterocycles. The van der Waals surface area contributed by atoms with Crippen LogP contribution in [0.15, 0.2) is 24.4 Å². The number of nitrogens with zero attached hydrogens (tertiary/aromatic N) is 1. The molecule has 2 unspecified atom stereocenters. The van der Waals surface area contributed by atoms with Crippen LogP contribution in [-0.4, -0.2) is 17.4 Å². The minimum Gasteiger partial charge on any atom is -0.355 e. The van der Waals surface area contributed by atoms with Gasteiger partial charge in [-0.2, -0.15) is 0 Å². The SMILES string of the molecule is O=C(NCCc1ccccn1)C1CC2CC2C1. The third-order valence-corrected chi connectivity index (χ3v) is 4.02. The summed E-state index contributed by atoms with van der Waals surface area (Å²) in [7, 11) is 0. The van der Waals surface area contributed by atoms with Crippen LogP contribution in [0.3, 0.4) is 0 Å². The van der Waals surface area contributed by atoms with Crippen molar-refractivity contribution in [2.24, 2.45) is 17.8 Å². The summed E-state index contributed by atoms with van der Waals surface area (Å²) < 4.78 is 0. The van der Waals surface area contributed by atoms with Gasteiger partial charge in [-0.25, -0.2) is 0 Å². The van der Waals surface area contributed by atoms with Gasteiger partial charge in [0.05, 0.1) is 0 Å². The van der Waals surface area contributed by atoms with E-state index < -0.39 is 0 Å². The zero-order valence-electron chi connectivity index (χ0n) is 9.93. The first-order valence-corrected chi connectivity index (χ1v) is 6.50. The summed E-state index contributed by atoms with van der Waals surface area (Å²) in [5.74, 6) is 2.30. The summed E-state index contributed by atoms with van der Waals surface area (Å²) in [5, 5.41) is 3.04. The molecule has 0 radical (unpaired) electrons. The van der Waals surface area contributed by atoms with Gasteiger partial charge >= 0.3 is 0 Å². The molecule has 2 saturated carbocycles. The predicted octanol–water partition coefficient (Wildman–Crippen LogP) is 1.79. The quantitative estimate of drug-likeness (QED) is 0.856. The van der Waals surface area contributed by atoms with Crippen molar-refractivity contribution in [1.29, 1.82) is 0 Å². The Hall–Kier alpha value is -1.38. The molecule has 2 fully saturated rings. The summed E-state index contributed by atoms with van der Waals surface area (Å²) in [5.41, 5.74) is 1.04. The lowest BCUT2D eigenvalue weighted by Crippen LogP contribution is -2.31. The van der Waals surface area contributed by atoms with E-state index in [2.05, 4.69) is 10.3 Å². The summed E-state index contributed by atoms with van der Waals surface area (Å²) in [6, 6.07) is 5.89. The third kappa shape index (κ3) is 2.48. The molecule has 1 N–H and O–H groups in total. The average Bonchev–Trinajstić information content (AvgIpc) is 2.97. The lowest BCUT2D eigenvalue weighted by atomic mass is 10.0. The second-order valence-electron chi connectivity index (χ2n) is 5.29. The van der Waals surface area contributed by atoms with Crippen molar-refractivity contribution in [3.63, 3.8) is 0 Å². The zero-order valence-corrected chi connectivity index (χ0v) is 9.93. The first-order chi connectivity index (χ1) is 8.33. The molecule has 2 aliphatic carbocycles. The third-order valence-electron chi connectivity index (χ3n) is 4.02. The Morgan fingerprint density at radius 2 is 2.12 bits per heavy atom. The van der Waals surface area contributed by atoms with E-state index in [1.807, 2.05) is 18.2 Å². The van der Waals surface area contributed by atoms with Gasteiger partial charge in [0.15, 0.2) is 0 Å². The molecule has 0 spiro atoms. The van der Waals surface area contributed by atoms with E-state index in [4.69, 9.17) is 0 Å². The highest BCUT2D eigenvalue weighted by Crippen LogP contribution is 2.54. The fourth-order valence-corrected chi connectivity index (χ4v) is 2.93. The molecule has 1 aromatic rings. The highest BCUT2D eigenvalue weighted by molar-refractivity contribution is 5.79. The van der Waals surface area contributed by atoms with Crippen molar-refractivity contribution in [2.75, 3.05) is 6.54 Å². The summed E-state index contributed by atoms with van der Waals surface area (Å²) in [6.45, 7) is 0.710. The van der Waals surface area contributed by atoms with E-state index in [0.29, 0.717) is 12.5 Å². The fourth-order valence-electron chi connectivity index (χ4n) is 2.93. The molecule has 0 aromatic carbocycles. The van der Waals surface area contributed by atoms with Gasteiger partial charge in [0, 0.05) is 30.8 Å². The highest BCUT2D eigenvalue weighted by Gasteiger charge is 2.47. The first kappa shape index (κ1) is 10.8. The second kappa shape index (κ2) is 4.47.